The molecule has 0 radical (unpaired) electrons. The first-order valence-electron chi connectivity index (χ1n) is 45.8. The van der Waals surface area contributed by atoms with Crippen LogP contribution in [0.3, 0.4) is 0 Å². The minimum atomic E-state index is -4.67. The molecule has 133 heavy (non-hydrogen) atoms. The van der Waals surface area contributed by atoms with Gasteiger partial charge in [-0.1, -0.05) is 86.3 Å². The number of amides is 2. The Balaban J connectivity index is 0.000000171. The number of carbonyl (C=O) groups is 2. The number of nitrogens with zero attached hydrogens (tertiary/aromatic N) is 14. The molecule has 12 aromatic rings. The lowest BCUT2D eigenvalue weighted by Gasteiger charge is -2.39. The minimum absolute atomic E-state index is 0.0100. The van der Waals surface area contributed by atoms with Gasteiger partial charge in [0.2, 0.25) is 0 Å². The molecule has 0 spiro atoms. The average molecular weight is 1880 g/mol. The van der Waals surface area contributed by atoms with E-state index in [1.807, 2.05) is 66.7 Å². The number of fused-ring (bicyclic) bond motifs is 4. The van der Waals surface area contributed by atoms with E-state index in [2.05, 4.69) is 116 Å². The average Bonchev–Trinajstić information content (AvgIpc) is 1.64. The van der Waals surface area contributed by atoms with Gasteiger partial charge in [0, 0.05) is 160 Å². The number of nitro benzene ring substituents is 2. The number of piperidine rings is 2. The van der Waals surface area contributed by atoms with Crippen LogP contribution >= 0.6 is 23.2 Å². The summed E-state index contributed by atoms with van der Waals surface area (Å²) in [5.41, 5.74) is 12.0. The molecule has 6 aromatic carbocycles. The standard InChI is InChI=1S/C49H53ClFN9O6S.C49H54ClN9O6S/c1-48(2)15-13-34(40(28-48)32-3-5-35(50)6-4-32)30-56-21-23-58(24-22-56)37-9-11-39(42(26-37)59-43-25-33-14-18-52-46(33)54-41(43)29-53-59)47(61)55-67(64,65)38-10-12-45(44(27-38)60(62)63)66-31-49(51)16-19-57(20-17-49)36-7-8-36;1-49(2)17-13-35(41(28-49)33-3-5-36(50)6-4-33)30-55-21-23-57(24-22-55)38-9-11-40(43(26-38)58-44-25-34-14-18-51-47(34)53-42(44)29-52-58)48(60)54-66(63,64)39-10-12-46(45(27-39)59(61)62)65-31-32-15-19-56(20-16-32)37-7-8-37/h3-6,9-12,14,18,25-27,29,36,53H,7-8,13,15-17,19-24,28,30-31H2,1-2H3,(H,55,61);3-6,9-12,14,18,25-27,29,32,37,52H,7-8,13,15-17,19-24,28,30-31H2,1-2H3,(H,54,60). The highest BCUT2D eigenvalue weighted by atomic mass is 35.5. The lowest BCUT2D eigenvalue weighted by Crippen LogP contribution is -2.47. The Bertz CT molecular complexity index is 6800. The molecule has 10 heterocycles. The maximum atomic E-state index is 15.7. The van der Waals surface area contributed by atoms with E-state index in [1.165, 1.54) is 58.4 Å². The fourth-order valence-electron chi connectivity index (χ4n) is 19.8. The molecule has 2 saturated carbocycles. The first-order chi connectivity index (χ1) is 63.9. The molecule has 0 atom stereocenters. The Kier molecular flexibility index (Phi) is 25.1. The Morgan fingerprint density at radius 1 is 0.511 bits per heavy atom. The van der Waals surface area contributed by atoms with Crippen molar-refractivity contribution in [3.8, 4) is 22.9 Å². The molecule has 694 valence electrons. The van der Waals surface area contributed by atoms with Gasteiger partial charge in [0.15, 0.2) is 22.8 Å². The lowest BCUT2D eigenvalue weighted by atomic mass is 9.72. The second-order valence-electron chi connectivity index (χ2n) is 38.4. The molecule has 8 aliphatic rings. The number of aromatic nitrogens is 8. The summed E-state index contributed by atoms with van der Waals surface area (Å²) in [5, 5.41) is 34.0. The van der Waals surface area contributed by atoms with Crippen LogP contribution in [0.5, 0.6) is 11.5 Å². The van der Waals surface area contributed by atoms with Crippen LogP contribution in [0.4, 0.5) is 27.1 Å². The van der Waals surface area contributed by atoms with Crippen LogP contribution in [0.25, 0.3) is 66.7 Å². The number of anilines is 2. The van der Waals surface area contributed by atoms with Gasteiger partial charge < -0.3 is 29.1 Å². The number of ether oxygens (including phenoxy) is 2. The van der Waals surface area contributed by atoms with E-state index < -0.39 is 75.1 Å². The smallest absolute Gasteiger partial charge is 0.312 e. The fraction of sp³-hybridized carbons (Fsp3) is 0.408. The van der Waals surface area contributed by atoms with Crippen molar-refractivity contribution < 1.29 is 50.1 Å². The summed E-state index contributed by atoms with van der Waals surface area (Å²) >= 11 is 12.5. The van der Waals surface area contributed by atoms with Crippen LogP contribution in [0.15, 0.2) is 191 Å². The summed E-state index contributed by atoms with van der Waals surface area (Å²) in [4.78, 5) is 82.9. The number of alkyl halides is 1. The first-order valence-corrected chi connectivity index (χ1v) is 49.5. The zero-order valence-electron chi connectivity index (χ0n) is 74.7. The molecular weight excluding hydrogens is 1780 g/mol. The summed E-state index contributed by atoms with van der Waals surface area (Å²) in [6.45, 7) is 20.3. The second-order valence-corrected chi connectivity index (χ2v) is 42.6. The van der Waals surface area contributed by atoms with Crippen LogP contribution in [0.1, 0.15) is 149 Å². The highest BCUT2D eigenvalue weighted by Gasteiger charge is 2.42. The third-order valence-electron chi connectivity index (χ3n) is 27.9. The summed E-state index contributed by atoms with van der Waals surface area (Å²) < 4.78 is 90.7. The normalized spacial score (nSPS) is 19.1. The number of benzene rings is 6. The molecule has 4 N–H and O–H groups in total. The van der Waals surface area contributed by atoms with Gasteiger partial charge in [0.1, 0.15) is 23.3 Å². The number of aromatic amines is 2. The van der Waals surface area contributed by atoms with Gasteiger partial charge in [-0.2, -0.15) is 0 Å². The summed E-state index contributed by atoms with van der Waals surface area (Å²) in [6.07, 6.45) is 20.2. The molecule has 4 aliphatic carbocycles. The van der Waals surface area contributed by atoms with Gasteiger partial charge in [-0.15, -0.1) is 0 Å². The van der Waals surface area contributed by atoms with Crippen LogP contribution in [0.2, 0.25) is 10.0 Å². The van der Waals surface area contributed by atoms with Gasteiger partial charge in [-0.3, -0.25) is 59.2 Å². The van der Waals surface area contributed by atoms with Crippen LogP contribution in [0, 0.1) is 37.0 Å². The molecular formula is C98H107Cl2FN18O12S2. The van der Waals surface area contributed by atoms with Gasteiger partial charge in [-0.25, -0.2) is 50.6 Å². The predicted octanol–water partition coefficient (Wildman–Crippen LogP) is 17.3. The zero-order valence-corrected chi connectivity index (χ0v) is 77.9. The van der Waals surface area contributed by atoms with E-state index >= 15 is 4.39 Å². The topological polar surface area (TPSA) is 344 Å². The Morgan fingerprint density at radius 3 is 1.35 bits per heavy atom. The van der Waals surface area contributed by atoms with Crippen molar-refractivity contribution in [1.82, 2.24) is 68.5 Å². The van der Waals surface area contributed by atoms with Crippen molar-refractivity contribution in [3.05, 3.63) is 234 Å². The van der Waals surface area contributed by atoms with Crippen LogP contribution in [-0.4, -0.2) is 220 Å². The number of rotatable bonds is 26. The van der Waals surface area contributed by atoms with Crippen LogP contribution in [-0.2, 0) is 20.0 Å². The second kappa shape index (κ2) is 36.9. The number of H-pyrrole nitrogens is 2. The lowest BCUT2D eigenvalue weighted by molar-refractivity contribution is -0.386. The first kappa shape index (κ1) is 90.5. The molecule has 35 heteroatoms. The highest BCUT2D eigenvalue weighted by Crippen LogP contribution is 2.47. The van der Waals surface area contributed by atoms with E-state index in [4.69, 9.17) is 37.7 Å². The number of carbonyl (C=O) groups excluding carboxylic acids is 2. The molecule has 0 bridgehead atoms. The number of hydrogen-bond donors (Lipinski definition) is 4. The minimum Gasteiger partial charge on any atom is -0.487 e. The molecule has 4 saturated heterocycles. The van der Waals surface area contributed by atoms with E-state index in [1.54, 1.807) is 52.4 Å². The van der Waals surface area contributed by atoms with Gasteiger partial charge in [0.25, 0.3) is 31.9 Å². The SMILES string of the molecule is CC1(C)CCC(CN2CCN(c3ccc(C(=O)NS(=O)(=O)c4ccc(OCC5(F)CCN(C6CC6)CC5)c([N+](=O)[O-])c4)c(-n4[nH]cc5nc6nccc6cc54)c3)CC2)=C(c2ccc(Cl)cc2)C1.CC1(C)CCC(CN2CCN(c3ccc(C(=O)NS(=O)(=O)c4ccc(OCC5CCN(C6CC6)CC5)c([N+](=O)[O-])c4)c(-n4[nH]cc5nc6nccc6cc54)c3)CC2)=C(c2ccc(Cl)cc2)C1. The molecule has 2 amide bonds. The Hall–Kier alpha value is -11.7. The molecule has 30 nitrogen and oxygen atoms in total. The monoisotopic (exact) mass is 1880 g/mol. The summed E-state index contributed by atoms with van der Waals surface area (Å²) in [7, 11) is -9.25. The number of allylic oxidation sites excluding steroid dienone is 2. The molecule has 4 aliphatic heterocycles. The summed E-state index contributed by atoms with van der Waals surface area (Å²) in [6, 6.07) is 42.2. The van der Waals surface area contributed by atoms with Crippen LogP contribution < -0.4 is 28.7 Å². The number of piperazine rings is 2. The maximum Gasteiger partial charge on any atom is 0.312 e. The largest absolute Gasteiger partial charge is 0.487 e. The van der Waals surface area contributed by atoms with Crippen molar-refractivity contribution >= 4 is 133 Å². The number of likely N-dealkylation sites (tertiary alicyclic amines) is 2. The van der Waals surface area contributed by atoms with Gasteiger partial charge in [-0.05, 0) is 251 Å². The van der Waals surface area contributed by atoms with E-state index in [0.29, 0.717) is 76.5 Å². The predicted molar refractivity (Wildman–Crippen MR) is 512 cm³/mol. The molecule has 6 fully saturated rings. The fourth-order valence-corrected chi connectivity index (χ4v) is 22.0. The quantitative estimate of drug-likeness (QED) is 0.0289. The number of halogens is 3. The van der Waals surface area contributed by atoms with Crippen molar-refractivity contribution in [2.45, 2.75) is 145 Å². The van der Waals surface area contributed by atoms with Crippen molar-refractivity contribution in [2.75, 3.05) is 115 Å². The van der Waals surface area contributed by atoms with E-state index in [0.717, 1.165) is 199 Å². The third kappa shape index (κ3) is 20.1. The van der Waals surface area contributed by atoms with Crippen molar-refractivity contribution in [2.24, 2.45) is 16.7 Å². The Labute approximate surface area is 780 Å². The number of pyridine rings is 2. The van der Waals surface area contributed by atoms with Gasteiger partial charge in [0.05, 0.1) is 59.8 Å². The van der Waals surface area contributed by atoms with Gasteiger partial charge >= 0.3 is 11.4 Å². The van der Waals surface area contributed by atoms with E-state index in [9.17, 15) is 46.7 Å². The maximum absolute atomic E-state index is 15.7. The van der Waals surface area contributed by atoms with Crippen molar-refractivity contribution in [1.29, 1.82) is 0 Å². The number of nitro groups is 2. The van der Waals surface area contributed by atoms with E-state index in [-0.39, 0.29) is 52.2 Å². The molecule has 0 unspecified atom stereocenters. The molecule has 6 aromatic heterocycles. The summed E-state index contributed by atoms with van der Waals surface area (Å²) in [5.74, 6) is -1.87. The number of sulfonamides is 2. The Morgan fingerprint density at radius 2 is 0.932 bits per heavy atom. The number of nitrogens with one attached hydrogen (secondary N) is 4. The molecule has 20 rings (SSSR count). The number of hydrogen-bond acceptors (Lipinski definition) is 22. The zero-order chi connectivity index (χ0) is 92.4. The van der Waals surface area contributed by atoms with Crippen molar-refractivity contribution in [3.63, 3.8) is 0 Å². The highest BCUT2D eigenvalue weighted by molar-refractivity contribution is 7.90. The third-order valence-corrected chi connectivity index (χ3v) is 31.0.